The van der Waals surface area contributed by atoms with Crippen molar-refractivity contribution in [2.24, 2.45) is 5.10 Å². The van der Waals surface area contributed by atoms with Crippen molar-refractivity contribution in [3.63, 3.8) is 0 Å². The van der Waals surface area contributed by atoms with Gasteiger partial charge in [0, 0.05) is 0 Å². The molecule has 2 unspecified atom stereocenters. The fourth-order valence-electron chi connectivity index (χ4n) is 0.454. The zero-order valence-electron chi connectivity index (χ0n) is 4.34. The van der Waals surface area contributed by atoms with Gasteiger partial charge in [-0.2, -0.15) is 5.10 Å². The van der Waals surface area contributed by atoms with Crippen LogP contribution in [0.4, 0.5) is 8.78 Å². The number of carbonyl (C=O) groups is 1. The first kappa shape index (κ1) is 6.12. The van der Waals surface area contributed by atoms with E-state index in [-0.39, 0.29) is 0 Å². The fraction of sp³-hybridized carbons (Fsp3) is 0.500. The molecule has 1 aliphatic rings. The summed E-state index contributed by atoms with van der Waals surface area (Å²) >= 11 is 0. The molecule has 0 aromatic heterocycles. The van der Waals surface area contributed by atoms with E-state index in [0.29, 0.717) is 6.21 Å². The Labute approximate surface area is 49.7 Å². The molecule has 0 saturated heterocycles. The average molecular weight is 134 g/mol. The van der Waals surface area contributed by atoms with Crippen LogP contribution in [0, 0.1) is 0 Å². The summed E-state index contributed by atoms with van der Waals surface area (Å²) in [6.07, 6.45) is -3.27. The van der Waals surface area contributed by atoms with Gasteiger partial charge in [-0.3, -0.25) is 4.79 Å². The van der Waals surface area contributed by atoms with Gasteiger partial charge >= 0.3 is 0 Å². The molecule has 0 aliphatic carbocycles. The van der Waals surface area contributed by atoms with Crippen LogP contribution >= 0.6 is 0 Å². The van der Waals surface area contributed by atoms with Gasteiger partial charge < -0.3 is 0 Å². The van der Waals surface area contributed by atoms with Gasteiger partial charge in [0.05, 0.1) is 6.21 Å². The van der Waals surface area contributed by atoms with E-state index in [1.807, 2.05) is 0 Å². The Morgan fingerprint density at radius 3 is 2.78 bits per heavy atom. The summed E-state index contributed by atoms with van der Waals surface area (Å²) in [5.41, 5.74) is 1.78. The molecule has 0 saturated carbocycles. The van der Waals surface area contributed by atoms with E-state index in [1.165, 1.54) is 0 Å². The third-order valence-electron chi connectivity index (χ3n) is 0.922. The SMILES string of the molecule is O=C1NN=CC(F)C1F. The Morgan fingerprint density at radius 1 is 1.67 bits per heavy atom. The van der Waals surface area contributed by atoms with Gasteiger partial charge in [0.1, 0.15) is 0 Å². The van der Waals surface area contributed by atoms with Crippen molar-refractivity contribution in [1.29, 1.82) is 0 Å². The van der Waals surface area contributed by atoms with Crippen molar-refractivity contribution in [1.82, 2.24) is 5.43 Å². The minimum absolute atomic E-state index is 0.714. The summed E-state index contributed by atoms with van der Waals surface area (Å²) in [6.45, 7) is 0. The van der Waals surface area contributed by atoms with Crippen molar-refractivity contribution in [2.45, 2.75) is 12.3 Å². The highest BCUT2D eigenvalue weighted by atomic mass is 19.2. The highest BCUT2D eigenvalue weighted by molar-refractivity contribution is 5.88. The first-order chi connectivity index (χ1) is 4.22. The van der Waals surface area contributed by atoms with E-state index < -0.39 is 18.3 Å². The van der Waals surface area contributed by atoms with Crippen molar-refractivity contribution < 1.29 is 13.6 Å². The molecule has 1 heterocycles. The van der Waals surface area contributed by atoms with Crippen LogP contribution in [-0.4, -0.2) is 24.5 Å². The highest BCUT2D eigenvalue weighted by Crippen LogP contribution is 2.04. The van der Waals surface area contributed by atoms with Gasteiger partial charge in [-0.25, -0.2) is 14.2 Å². The van der Waals surface area contributed by atoms with Gasteiger partial charge in [0.2, 0.25) is 6.17 Å². The number of hydrazone groups is 1. The highest BCUT2D eigenvalue weighted by Gasteiger charge is 2.29. The monoisotopic (exact) mass is 134 g/mol. The molecular formula is C4H4F2N2O. The standard InChI is InChI=1S/C4H4F2N2O/c5-2-1-7-8-4(9)3(2)6/h1-3H,(H,8,9). The van der Waals surface area contributed by atoms with Gasteiger partial charge in [-0.15, -0.1) is 0 Å². The van der Waals surface area contributed by atoms with E-state index in [1.54, 1.807) is 5.43 Å². The van der Waals surface area contributed by atoms with Crippen molar-refractivity contribution >= 4 is 12.1 Å². The van der Waals surface area contributed by atoms with Crippen LogP contribution in [0.1, 0.15) is 0 Å². The molecule has 0 radical (unpaired) electrons. The summed E-state index contributed by atoms with van der Waals surface area (Å²) in [4.78, 5) is 10.2. The second-order valence-corrected chi connectivity index (χ2v) is 1.60. The Kier molecular flexibility index (Phi) is 1.42. The van der Waals surface area contributed by atoms with Crippen LogP contribution in [0.5, 0.6) is 0 Å². The maximum Gasteiger partial charge on any atom is 0.278 e. The lowest BCUT2D eigenvalue weighted by Gasteiger charge is -2.11. The molecule has 0 fully saturated rings. The Bertz CT molecular complexity index is 159. The largest absolute Gasteiger partial charge is 0.278 e. The Morgan fingerprint density at radius 2 is 2.33 bits per heavy atom. The van der Waals surface area contributed by atoms with Crippen molar-refractivity contribution in [3.05, 3.63) is 0 Å². The summed E-state index contributed by atoms with van der Waals surface area (Å²) in [6, 6.07) is 0. The molecule has 3 nitrogen and oxygen atoms in total. The van der Waals surface area contributed by atoms with E-state index in [0.717, 1.165) is 0 Å². The van der Waals surface area contributed by atoms with Crippen LogP contribution in [0.3, 0.4) is 0 Å². The third-order valence-corrected chi connectivity index (χ3v) is 0.922. The molecule has 9 heavy (non-hydrogen) atoms. The Balaban J connectivity index is 2.69. The van der Waals surface area contributed by atoms with E-state index in [2.05, 4.69) is 5.10 Å². The number of halogens is 2. The van der Waals surface area contributed by atoms with Crippen LogP contribution in [0.2, 0.25) is 0 Å². The zero-order chi connectivity index (χ0) is 6.85. The predicted molar refractivity (Wildman–Crippen MR) is 26.4 cm³/mol. The van der Waals surface area contributed by atoms with Gasteiger partial charge in [-0.05, 0) is 0 Å². The molecule has 0 spiro atoms. The van der Waals surface area contributed by atoms with E-state index in [9.17, 15) is 13.6 Å². The summed E-state index contributed by atoms with van der Waals surface area (Å²) in [5, 5.41) is 3.05. The van der Waals surface area contributed by atoms with Gasteiger partial charge in [0.15, 0.2) is 6.17 Å². The molecule has 1 aliphatic heterocycles. The number of hydrogen-bond donors (Lipinski definition) is 1. The van der Waals surface area contributed by atoms with Gasteiger partial charge in [-0.1, -0.05) is 0 Å². The quantitative estimate of drug-likeness (QED) is 0.488. The molecule has 50 valence electrons. The predicted octanol–water partition coefficient (Wildman–Crippen LogP) is -0.222. The number of rotatable bonds is 0. The summed E-state index contributed by atoms with van der Waals surface area (Å²) in [5.74, 6) is -1.02. The molecule has 2 atom stereocenters. The van der Waals surface area contributed by atoms with Crippen LogP contribution in [0.25, 0.3) is 0 Å². The summed E-state index contributed by atoms with van der Waals surface area (Å²) in [7, 11) is 0. The topological polar surface area (TPSA) is 41.5 Å². The fourth-order valence-corrected chi connectivity index (χ4v) is 0.454. The zero-order valence-corrected chi connectivity index (χ0v) is 4.34. The minimum atomic E-state index is -2.09. The third kappa shape index (κ3) is 1.04. The lowest BCUT2D eigenvalue weighted by molar-refractivity contribution is -0.127. The second kappa shape index (κ2) is 2.08. The van der Waals surface area contributed by atoms with Crippen LogP contribution < -0.4 is 5.43 Å². The minimum Gasteiger partial charge on any atom is -0.270 e. The number of hydrogen-bond acceptors (Lipinski definition) is 2. The van der Waals surface area contributed by atoms with Crippen LogP contribution in [0.15, 0.2) is 5.10 Å². The van der Waals surface area contributed by atoms with Gasteiger partial charge in [0.25, 0.3) is 5.91 Å². The number of amides is 1. The van der Waals surface area contributed by atoms with Crippen LogP contribution in [-0.2, 0) is 4.79 Å². The van der Waals surface area contributed by atoms with E-state index in [4.69, 9.17) is 0 Å². The molecule has 0 bridgehead atoms. The van der Waals surface area contributed by atoms with Crippen molar-refractivity contribution in [3.8, 4) is 0 Å². The lowest BCUT2D eigenvalue weighted by Crippen LogP contribution is -2.40. The maximum absolute atomic E-state index is 12.1. The lowest BCUT2D eigenvalue weighted by atomic mass is 10.2. The molecule has 1 rings (SSSR count). The van der Waals surface area contributed by atoms with E-state index >= 15 is 0 Å². The van der Waals surface area contributed by atoms with Crippen molar-refractivity contribution in [2.75, 3.05) is 0 Å². The summed E-state index contributed by atoms with van der Waals surface area (Å²) < 4.78 is 24.1. The first-order valence-corrected chi connectivity index (χ1v) is 2.33. The number of carbonyl (C=O) groups excluding carboxylic acids is 1. The number of alkyl halides is 2. The second-order valence-electron chi connectivity index (χ2n) is 1.60. The normalized spacial score (nSPS) is 34.2. The Hall–Kier alpha value is -1.00. The molecule has 1 N–H and O–H groups in total. The molecule has 0 aromatic rings. The number of nitrogens with zero attached hydrogens (tertiary/aromatic N) is 1. The number of nitrogens with one attached hydrogen (secondary N) is 1. The molecule has 5 heteroatoms. The maximum atomic E-state index is 12.1. The first-order valence-electron chi connectivity index (χ1n) is 2.33. The molecular weight excluding hydrogens is 130 g/mol. The molecule has 0 aromatic carbocycles. The average Bonchev–Trinajstić information content (AvgIpc) is 1.83. The molecule has 1 amide bonds. The smallest absolute Gasteiger partial charge is 0.270 e.